The number of benzene rings is 1. The van der Waals surface area contributed by atoms with Gasteiger partial charge in [-0.25, -0.2) is 0 Å². The first-order chi connectivity index (χ1) is 10.2. The van der Waals surface area contributed by atoms with Crippen molar-refractivity contribution >= 4 is 0 Å². The topological polar surface area (TPSA) is 68.9 Å². The third-order valence-corrected chi connectivity index (χ3v) is 2.84. The highest BCUT2D eigenvalue weighted by atomic mass is 16.5. The molecule has 112 valence electrons. The normalized spacial score (nSPS) is 10.4. The highest BCUT2D eigenvalue weighted by Gasteiger charge is 2.03. The largest absolute Gasteiger partial charge is 0.493 e. The maximum atomic E-state index is 11.6. The summed E-state index contributed by atoms with van der Waals surface area (Å²) in [7, 11) is 0. The average Bonchev–Trinajstić information content (AvgIpc) is 2.50. The van der Waals surface area contributed by atoms with Crippen LogP contribution in [0.2, 0.25) is 0 Å². The Bertz CT molecular complexity index is 615. The van der Waals surface area contributed by atoms with Crippen LogP contribution in [0.1, 0.15) is 17.7 Å². The van der Waals surface area contributed by atoms with Crippen molar-refractivity contribution in [2.45, 2.75) is 20.0 Å². The Morgan fingerprint density at radius 1 is 1.14 bits per heavy atom. The van der Waals surface area contributed by atoms with Crippen molar-refractivity contribution in [3.8, 4) is 11.5 Å². The Hall–Kier alpha value is -2.27. The van der Waals surface area contributed by atoms with Crippen LogP contribution in [0.15, 0.2) is 45.8 Å². The minimum Gasteiger partial charge on any atom is -0.493 e. The van der Waals surface area contributed by atoms with Crippen molar-refractivity contribution in [2.75, 3.05) is 13.2 Å². The molecule has 0 aliphatic carbocycles. The Kier molecular flexibility index (Phi) is 5.40. The van der Waals surface area contributed by atoms with Crippen LogP contribution in [0.25, 0.3) is 0 Å². The zero-order valence-electron chi connectivity index (χ0n) is 11.9. The standard InChI is InChI=1S/C16H18O5/c1-12-3-5-13(6-4-12)19-7-2-8-20-16-11-21-14(10-17)9-15(16)18/h3-6,9,11,17H,2,7-8,10H2,1H3. The summed E-state index contributed by atoms with van der Waals surface area (Å²) in [5.41, 5.74) is 0.883. The van der Waals surface area contributed by atoms with Gasteiger partial charge >= 0.3 is 0 Å². The maximum Gasteiger partial charge on any atom is 0.227 e. The summed E-state index contributed by atoms with van der Waals surface area (Å²) in [5.74, 6) is 1.17. The summed E-state index contributed by atoms with van der Waals surface area (Å²) in [6, 6.07) is 9.02. The molecule has 21 heavy (non-hydrogen) atoms. The molecule has 1 heterocycles. The smallest absolute Gasteiger partial charge is 0.227 e. The lowest BCUT2D eigenvalue weighted by Gasteiger charge is -2.07. The molecule has 2 aromatic rings. The fourth-order valence-electron chi connectivity index (χ4n) is 1.69. The van der Waals surface area contributed by atoms with Crippen LogP contribution in [-0.2, 0) is 6.61 Å². The van der Waals surface area contributed by atoms with Gasteiger partial charge in [0.25, 0.3) is 0 Å². The van der Waals surface area contributed by atoms with E-state index in [0.29, 0.717) is 19.6 Å². The van der Waals surface area contributed by atoms with Gasteiger partial charge in [-0.1, -0.05) is 17.7 Å². The van der Waals surface area contributed by atoms with Gasteiger partial charge in [-0.15, -0.1) is 0 Å². The van der Waals surface area contributed by atoms with Crippen molar-refractivity contribution in [2.24, 2.45) is 0 Å². The summed E-state index contributed by atoms with van der Waals surface area (Å²) in [6.45, 7) is 2.57. The number of hydrogen-bond acceptors (Lipinski definition) is 5. The molecule has 0 fully saturated rings. The van der Waals surface area contributed by atoms with Crippen LogP contribution in [0.5, 0.6) is 11.5 Å². The van der Waals surface area contributed by atoms with Crippen LogP contribution >= 0.6 is 0 Å². The highest BCUT2D eigenvalue weighted by Crippen LogP contribution is 2.11. The van der Waals surface area contributed by atoms with Crippen molar-refractivity contribution < 1.29 is 19.0 Å². The predicted molar refractivity (Wildman–Crippen MR) is 77.7 cm³/mol. The molecule has 0 unspecified atom stereocenters. The van der Waals surface area contributed by atoms with Gasteiger partial charge in [0.15, 0.2) is 0 Å². The van der Waals surface area contributed by atoms with Crippen LogP contribution in [-0.4, -0.2) is 18.3 Å². The average molecular weight is 290 g/mol. The molecule has 0 saturated carbocycles. The Labute approximate surface area is 122 Å². The van der Waals surface area contributed by atoms with Gasteiger partial charge < -0.3 is 19.0 Å². The second-order valence-corrected chi connectivity index (χ2v) is 4.60. The monoisotopic (exact) mass is 290 g/mol. The number of aryl methyl sites for hydroxylation is 1. The number of hydrogen-bond donors (Lipinski definition) is 1. The molecule has 0 amide bonds. The molecule has 0 spiro atoms. The summed E-state index contributed by atoms with van der Waals surface area (Å²) >= 11 is 0. The molecule has 0 atom stereocenters. The number of aliphatic hydroxyl groups excluding tert-OH is 1. The van der Waals surface area contributed by atoms with Crippen LogP contribution in [0, 0.1) is 6.92 Å². The van der Waals surface area contributed by atoms with Gasteiger partial charge in [-0.3, -0.25) is 4.79 Å². The quantitative estimate of drug-likeness (QED) is 0.792. The fourth-order valence-corrected chi connectivity index (χ4v) is 1.69. The number of aliphatic hydroxyl groups is 1. The minimum atomic E-state index is -0.306. The van der Waals surface area contributed by atoms with E-state index in [1.54, 1.807) is 0 Å². The molecule has 0 aliphatic rings. The van der Waals surface area contributed by atoms with Crippen LogP contribution in [0.4, 0.5) is 0 Å². The van der Waals surface area contributed by atoms with Crippen molar-refractivity contribution in [3.05, 3.63) is 58.1 Å². The van der Waals surface area contributed by atoms with E-state index in [-0.39, 0.29) is 23.5 Å². The van der Waals surface area contributed by atoms with Gasteiger partial charge in [0.2, 0.25) is 11.2 Å². The SMILES string of the molecule is Cc1ccc(OCCCOc2coc(CO)cc2=O)cc1. The van der Waals surface area contributed by atoms with Crippen molar-refractivity contribution in [3.63, 3.8) is 0 Å². The summed E-state index contributed by atoms with van der Waals surface area (Å²) in [6.07, 6.45) is 1.86. The van der Waals surface area contributed by atoms with E-state index < -0.39 is 0 Å². The third-order valence-electron chi connectivity index (χ3n) is 2.84. The second kappa shape index (κ2) is 7.50. The van der Waals surface area contributed by atoms with E-state index in [1.165, 1.54) is 17.9 Å². The second-order valence-electron chi connectivity index (χ2n) is 4.60. The molecular formula is C16H18O5. The lowest BCUT2D eigenvalue weighted by Crippen LogP contribution is -2.11. The third kappa shape index (κ3) is 4.65. The first-order valence-electron chi connectivity index (χ1n) is 6.74. The Morgan fingerprint density at radius 2 is 1.86 bits per heavy atom. The van der Waals surface area contributed by atoms with Crippen molar-refractivity contribution in [1.29, 1.82) is 0 Å². The molecule has 0 saturated heterocycles. The van der Waals surface area contributed by atoms with E-state index >= 15 is 0 Å². The molecule has 1 aromatic carbocycles. The molecule has 5 heteroatoms. The predicted octanol–water partition coefficient (Wildman–Crippen LogP) is 2.29. The molecule has 2 rings (SSSR count). The van der Waals surface area contributed by atoms with Crippen LogP contribution < -0.4 is 14.9 Å². The Morgan fingerprint density at radius 3 is 2.52 bits per heavy atom. The molecule has 0 bridgehead atoms. The summed E-state index contributed by atoms with van der Waals surface area (Å²) in [4.78, 5) is 11.6. The van der Waals surface area contributed by atoms with E-state index in [0.717, 1.165) is 5.75 Å². The van der Waals surface area contributed by atoms with E-state index in [2.05, 4.69) is 0 Å². The van der Waals surface area contributed by atoms with E-state index in [1.807, 2.05) is 31.2 Å². The lowest BCUT2D eigenvalue weighted by atomic mass is 10.2. The summed E-state index contributed by atoms with van der Waals surface area (Å²) < 4.78 is 15.9. The lowest BCUT2D eigenvalue weighted by molar-refractivity contribution is 0.228. The maximum absolute atomic E-state index is 11.6. The molecule has 0 aliphatic heterocycles. The number of rotatable bonds is 7. The molecule has 1 aromatic heterocycles. The molecule has 0 radical (unpaired) electrons. The van der Waals surface area contributed by atoms with Gasteiger partial charge in [0.1, 0.15) is 24.4 Å². The van der Waals surface area contributed by atoms with Crippen molar-refractivity contribution in [1.82, 2.24) is 0 Å². The zero-order valence-corrected chi connectivity index (χ0v) is 11.9. The fraction of sp³-hybridized carbons (Fsp3) is 0.312. The van der Waals surface area contributed by atoms with Gasteiger partial charge in [-0.05, 0) is 19.1 Å². The summed E-state index contributed by atoms with van der Waals surface area (Å²) in [5, 5.41) is 8.83. The number of ether oxygens (including phenoxy) is 2. The van der Waals surface area contributed by atoms with E-state index in [9.17, 15) is 4.79 Å². The molecular weight excluding hydrogens is 272 g/mol. The van der Waals surface area contributed by atoms with Gasteiger partial charge in [0, 0.05) is 12.5 Å². The highest BCUT2D eigenvalue weighted by molar-refractivity contribution is 5.26. The van der Waals surface area contributed by atoms with Crippen LogP contribution in [0.3, 0.4) is 0 Å². The van der Waals surface area contributed by atoms with E-state index in [4.69, 9.17) is 19.0 Å². The molecule has 1 N–H and O–H groups in total. The first-order valence-corrected chi connectivity index (χ1v) is 6.74. The first kappa shape index (κ1) is 15.1. The zero-order chi connectivity index (χ0) is 15.1. The minimum absolute atomic E-state index is 0.141. The van der Waals surface area contributed by atoms with Gasteiger partial charge in [-0.2, -0.15) is 0 Å². The van der Waals surface area contributed by atoms with Gasteiger partial charge in [0.05, 0.1) is 13.2 Å². The Balaban J connectivity index is 1.72. The molecule has 5 nitrogen and oxygen atoms in total.